The Morgan fingerprint density at radius 3 is 2.46 bits per heavy atom. The van der Waals surface area contributed by atoms with E-state index < -0.39 is 5.82 Å². The van der Waals surface area contributed by atoms with Crippen LogP contribution in [0, 0.1) is 12.7 Å². The molecule has 9 nitrogen and oxygen atoms in total. The molecule has 1 aromatic heterocycles. The number of halogens is 1. The van der Waals surface area contributed by atoms with Crippen molar-refractivity contribution in [2.45, 2.75) is 53.6 Å². The summed E-state index contributed by atoms with van der Waals surface area (Å²) in [6.07, 6.45) is 0.733. The van der Waals surface area contributed by atoms with Gasteiger partial charge in [0.05, 0.1) is 23.7 Å². The summed E-state index contributed by atoms with van der Waals surface area (Å²) in [5.74, 6) is -0.101. The number of rotatable bonds is 5. The second-order valence-electron chi connectivity index (χ2n) is 10.0. The highest BCUT2D eigenvalue weighted by molar-refractivity contribution is 5.94. The van der Waals surface area contributed by atoms with Gasteiger partial charge in [-0.15, -0.1) is 5.10 Å². The Labute approximate surface area is 229 Å². The Bertz CT molecular complexity index is 1310. The predicted octanol–water partition coefficient (Wildman–Crippen LogP) is 4.22. The van der Waals surface area contributed by atoms with Gasteiger partial charge in [-0.1, -0.05) is 11.3 Å². The maximum Gasteiger partial charge on any atom is 0.276 e. The van der Waals surface area contributed by atoms with Gasteiger partial charge in [-0.2, -0.15) is 0 Å². The van der Waals surface area contributed by atoms with Gasteiger partial charge in [0.15, 0.2) is 5.69 Å². The highest BCUT2D eigenvalue weighted by Crippen LogP contribution is 2.26. The molecule has 4 rings (SSSR count). The Morgan fingerprint density at radius 1 is 1.05 bits per heavy atom. The number of amides is 2. The van der Waals surface area contributed by atoms with E-state index in [0.29, 0.717) is 43.2 Å². The summed E-state index contributed by atoms with van der Waals surface area (Å²) in [4.78, 5) is 32.2. The largest absolute Gasteiger partial charge is 0.494 e. The van der Waals surface area contributed by atoms with Crippen LogP contribution in [0.15, 0.2) is 42.5 Å². The third-order valence-corrected chi connectivity index (χ3v) is 7.07. The molecule has 0 aliphatic carbocycles. The minimum absolute atomic E-state index is 0.163. The maximum atomic E-state index is 14.3. The average molecular weight is 537 g/mol. The van der Waals surface area contributed by atoms with Crippen molar-refractivity contribution in [3.05, 3.63) is 65.2 Å². The van der Waals surface area contributed by atoms with Crippen molar-refractivity contribution in [3.63, 3.8) is 0 Å². The number of aromatic nitrogens is 3. The first kappa shape index (κ1) is 28.2. The molecule has 0 saturated carbocycles. The molecule has 0 fully saturated rings. The van der Waals surface area contributed by atoms with E-state index in [9.17, 15) is 14.0 Å². The van der Waals surface area contributed by atoms with Gasteiger partial charge < -0.3 is 14.5 Å². The second kappa shape index (κ2) is 12.4. The molecule has 0 atom stereocenters. The highest BCUT2D eigenvalue weighted by atomic mass is 19.1. The number of anilines is 1. The Hall–Kier alpha value is -3.79. The standard InChI is InChI=1S/C29H37FN6O3/c1-6-39-26-12-10-25(11-13-26)36-21(4)28(31-32-36)29(38)34-17-16-33(20(2)3)14-7-15-35(22(5)37)27-18-24(30)9-8-23(27)19-34/h8-13,18,20H,6-7,14-17,19H2,1-5H3. The molecule has 10 heteroatoms. The van der Waals surface area contributed by atoms with E-state index in [-0.39, 0.29) is 30.1 Å². The van der Waals surface area contributed by atoms with Gasteiger partial charge in [0.1, 0.15) is 11.6 Å². The molecule has 208 valence electrons. The number of nitrogens with zero attached hydrogens (tertiary/aromatic N) is 6. The van der Waals surface area contributed by atoms with Crippen LogP contribution in [0.2, 0.25) is 0 Å². The molecule has 0 spiro atoms. The number of hydrogen-bond donors (Lipinski definition) is 0. The number of ether oxygens (including phenoxy) is 1. The zero-order chi connectivity index (χ0) is 28.1. The summed E-state index contributed by atoms with van der Waals surface area (Å²) in [5.41, 5.74) is 2.83. The Balaban J connectivity index is 1.69. The fraction of sp³-hybridized carbons (Fsp3) is 0.448. The fourth-order valence-electron chi connectivity index (χ4n) is 4.91. The van der Waals surface area contributed by atoms with Crippen molar-refractivity contribution in [2.75, 3.05) is 37.7 Å². The first-order valence-corrected chi connectivity index (χ1v) is 13.4. The first-order valence-electron chi connectivity index (χ1n) is 13.4. The minimum Gasteiger partial charge on any atom is -0.494 e. The molecule has 2 aromatic carbocycles. The molecular weight excluding hydrogens is 499 g/mol. The van der Waals surface area contributed by atoms with Gasteiger partial charge in [0.2, 0.25) is 5.91 Å². The van der Waals surface area contributed by atoms with E-state index in [4.69, 9.17) is 4.74 Å². The van der Waals surface area contributed by atoms with E-state index in [2.05, 4.69) is 29.1 Å². The maximum absolute atomic E-state index is 14.3. The van der Waals surface area contributed by atoms with E-state index in [1.54, 1.807) is 20.5 Å². The Kier molecular flexibility index (Phi) is 8.96. The summed E-state index contributed by atoms with van der Waals surface area (Å²) in [6, 6.07) is 12.1. The van der Waals surface area contributed by atoms with Crippen LogP contribution in [0.5, 0.6) is 5.75 Å². The van der Waals surface area contributed by atoms with Gasteiger partial charge in [-0.3, -0.25) is 14.5 Å². The molecule has 0 unspecified atom stereocenters. The monoisotopic (exact) mass is 536 g/mol. The van der Waals surface area contributed by atoms with Gasteiger partial charge >= 0.3 is 0 Å². The first-order chi connectivity index (χ1) is 18.7. The number of carbonyl (C=O) groups excluding carboxylic acids is 2. The molecule has 0 saturated heterocycles. The molecule has 1 aliphatic rings. The van der Waals surface area contributed by atoms with Crippen LogP contribution in [0.25, 0.3) is 5.69 Å². The summed E-state index contributed by atoms with van der Waals surface area (Å²) in [7, 11) is 0. The zero-order valence-corrected chi connectivity index (χ0v) is 23.4. The van der Waals surface area contributed by atoms with Crippen molar-refractivity contribution in [3.8, 4) is 11.4 Å². The average Bonchev–Trinajstić information content (AvgIpc) is 3.27. The van der Waals surface area contributed by atoms with E-state index >= 15 is 0 Å². The molecule has 2 amide bonds. The Morgan fingerprint density at radius 2 is 1.79 bits per heavy atom. The van der Waals surface area contributed by atoms with Crippen LogP contribution >= 0.6 is 0 Å². The SMILES string of the molecule is CCOc1ccc(-n2nnc(C(=O)N3CCN(C(C)C)CCCN(C(C)=O)c4cc(F)ccc4C3)c2C)cc1. The normalized spacial score (nSPS) is 15.2. The van der Waals surface area contributed by atoms with Gasteiger partial charge in [0.25, 0.3) is 5.91 Å². The molecule has 0 radical (unpaired) electrons. The fourth-order valence-corrected chi connectivity index (χ4v) is 4.91. The number of hydrogen-bond acceptors (Lipinski definition) is 6. The number of carbonyl (C=O) groups is 2. The quantitative estimate of drug-likeness (QED) is 0.486. The van der Waals surface area contributed by atoms with Crippen molar-refractivity contribution in [1.29, 1.82) is 0 Å². The van der Waals surface area contributed by atoms with Crippen molar-refractivity contribution >= 4 is 17.5 Å². The van der Waals surface area contributed by atoms with Crippen LogP contribution in [0.1, 0.15) is 55.9 Å². The molecule has 0 N–H and O–H groups in total. The lowest BCUT2D eigenvalue weighted by Crippen LogP contribution is -2.41. The third kappa shape index (κ3) is 6.44. The zero-order valence-electron chi connectivity index (χ0n) is 23.4. The summed E-state index contributed by atoms with van der Waals surface area (Å²) in [5, 5.41) is 8.53. The van der Waals surface area contributed by atoms with Crippen LogP contribution in [0.3, 0.4) is 0 Å². The van der Waals surface area contributed by atoms with Gasteiger partial charge in [0, 0.05) is 45.7 Å². The summed E-state index contributed by atoms with van der Waals surface area (Å²) in [6.45, 7) is 12.6. The molecule has 1 aliphatic heterocycles. The molecule has 3 aromatic rings. The van der Waals surface area contributed by atoms with E-state index in [1.165, 1.54) is 19.1 Å². The van der Waals surface area contributed by atoms with E-state index in [0.717, 1.165) is 24.4 Å². The van der Waals surface area contributed by atoms with Crippen molar-refractivity contribution < 1.29 is 18.7 Å². The van der Waals surface area contributed by atoms with Crippen LogP contribution < -0.4 is 9.64 Å². The lowest BCUT2D eigenvalue weighted by Gasteiger charge is -2.29. The molecule has 39 heavy (non-hydrogen) atoms. The topological polar surface area (TPSA) is 83.8 Å². The molecule has 0 bridgehead atoms. The minimum atomic E-state index is -0.425. The third-order valence-electron chi connectivity index (χ3n) is 7.07. The highest BCUT2D eigenvalue weighted by Gasteiger charge is 2.27. The molecule has 2 heterocycles. The van der Waals surface area contributed by atoms with Crippen LogP contribution in [-0.2, 0) is 11.3 Å². The van der Waals surface area contributed by atoms with E-state index in [1.807, 2.05) is 38.1 Å². The summed E-state index contributed by atoms with van der Waals surface area (Å²) < 4.78 is 21.5. The lowest BCUT2D eigenvalue weighted by molar-refractivity contribution is -0.116. The lowest BCUT2D eigenvalue weighted by atomic mass is 10.1. The van der Waals surface area contributed by atoms with Crippen LogP contribution in [-0.4, -0.2) is 75.4 Å². The smallest absolute Gasteiger partial charge is 0.276 e. The summed E-state index contributed by atoms with van der Waals surface area (Å²) >= 11 is 0. The predicted molar refractivity (Wildman–Crippen MR) is 148 cm³/mol. The van der Waals surface area contributed by atoms with Gasteiger partial charge in [-0.25, -0.2) is 9.07 Å². The van der Waals surface area contributed by atoms with Crippen LogP contribution in [0.4, 0.5) is 10.1 Å². The number of fused-ring (bicyclic) bond motifs is 1. The van der Waals surface area contributed by atoms with Crippen molar-refractivity contribution in [1.82, 2.24) is 24.8 Å². The van der Waals surface area contributed by atoms with Crippen molar-refractivity contribution in [2.24, 2.45) is 0 Å². The number of benzene rings is 2. The second-order valence-corrected chi connectivity index (χ2v) is 10.0. The molecular formula is C29H37FN6O3. The van der Waals surface area contributed by atoms with Gasteiger partial charge in [-0.05, 0) is 76.1 Å².